The van der Waals surface area contributed by atoms with E-state index in [-0.39, 0.29) is 0 Å². The molecule has 114 valence electrons. The minimum Gasteiger partial charge on any atom is -0.399 e. The average Bonchev–Trinajstić information content (AvgIpc) is 2.53. The third-order valence-electron chi connectivity index (χ3n) is 3.78. The van der Waals surface area contributed by atoms with E-state index < -0.39 is 0 Å². The Kier molecular flexibility index (Phi) is 6.58. The van der Waals surface area contributed by atoms with Crippen LogP contribution in [-0.4, -0.2) is 0 Å². The zero-order valence-electron chi connectivity index (χ0n) is 13.4. The van der Waals surface area contributed by atoms with Crippen molar-refractivity contribution >= 4 is 5.69 Å². The van der Waals surface area contributed by atoms with Gasteiger partial charge in [0.25, 0.3) is 0 Å². The lowest BCUT2D eigenvalue weighted by molar-refractivity contribution is 0.650. The molecule has 0 saturated carbocycles. The molecule has 2 aromatic rings. The normalized spacial score (nSPS) is 10.0. The molecule has 0 aliphatic heterocycles. The summed E-state index contributed by atoms with van der Waals surface area (Å²) < 4.78 is 0. The first-order valence-corrected chi connectivity index (χ1v) is 8.14. The van der Waals surface area contributed by atoms with E-state index in [1.165, 1.54) is 43.2 Å². The summed E-state index contributed by atoms with van der Waals surface area (Å²) in [4.78, 5) is 0. The summed E-state index contributed by atoms with van der Waals surface area (Å²) >= 11 is 0. The Morgan fingerprint density at radius 1 is 0.818 bits per heavy atom. The fourth-order valence-corrected chi connectivity index (χ4v) is 2.38. The van der Waals surface area contributed by atoms with E-state index in [1.807, 2.05) is 24.3 Å². The molecule has 0 aliphatic rings. The average molecular weight is 291 g/mol. The standard InChI is InChI=1S/C21H25N/c1-18-10-12-19(13-11-18)8-6-4-2-3-5-7-9-20-14-16-21(22)17-15-20/h10-17H,2-6,8,22H2,1H3. The lowest BCUT2D eigenvalue weighted by Crippen LogP contribution is -1.86. The van der Waals surface area contributed by atoms with Gasteiger partial charge in [0, 0.05) is 17.7 Å². The van der Waals surface area contributed by atoms with E-state index in [4.69, 9.17) is 5.73 Å². The van der Waals surface area contributed by atoms with Crippen molar-refractivity contribution in [1.29, 1.82) is 0 Å². The Balaban J connectivity index is 1.56. The highest BCUT2D eigenvalue weighted by molar-refractivity contribution is 5.44. The Hall–Kier alpha value is -2.20. The van der Waals surface area contributed by atoms with Crippen LogP contribution in [0, 0.1) is 18.8 Å². The van der Waals surface area contributed by atoms with Crippen LogP contribution >= 0.6 is 0 Å². The molecule has 0 aliphatic carbocycles. The second kappa shape index (κ2) is 8.95. The van der Waals surface area contributed by atoms with Gasteiger partial charge in [-0.05, 0) is 56.0 Å². The van der Waals surface area contributed by atoms with Gasteiger partial charge >= 0.3 is 0 Å². The zero-order chi connectivity index (χ0) is 15.6. The van der Waals surface area contributed by atoms with Crippen LogP contribution in [0.1, 0.15) is 48.8 Å². The minimum absolute atomic E-state index is 0.791. The fourth-order valence-electron chi connectivity index (χ4n) is 2.38. The van der Waals surface area contributed by atoms with Gasteiger partial charge in [0.1, 0.15) is 0 Å². The molecule has 1 heteroatoms. The molecule has 0 radical (unpaired) electrons. The van der Waals surface area contributed by atoms with Gasteiger partial charge < -0.3 is 5.73 Å². The van der Waals surface area contributed by atoms with Crippen molar-refractivity contribution in [3.8, 4) is 11.8 Å². The van der Waals surface area contributed by atoms with Crippen molar-refractivity contribution < 1.29 is 0 Å². The highest BCUT2D eigenvalue weighted by Crippen LogP contribution is 2.10. The summed E-state index contributed by atoms with van der Waals surface area (Å²) in [6.45, 7) is 2.13. The van der Waals surface area contributed by atoms with E-state index in [0.29, 0.717) is 0 Å². The lowest BCUT2D eigenvalue weighted by Gasteiger charge is -2.01. The quantitative estimate of drug-likeness (QED) is 0.446. The van der Waals surface area contributed by atoms with Crippen LogP contribution in [0.2, 0.25) is 0 Å². The van der Waals surface area contributed by atoms with Crippen molar-refractivity contribution in [3.63, 3.8) is 0 Å². The molecule has 0 heterocycles. The van der Waals surface area contributed by atoms with Gasteiger partial charge in [-0.25, -0.2) is 0 Å². The van der Waals surface area contributed by atoms with Gasteiger partial charge in [0.05, 0.1) is 0 Å². The highest BCUT2D eigenvalue weighted by atomic mass is 14.5. The number of benzene rings is 2. The number of rotatable bonds is 6. The topological polar surface area (TPSA) is 26.0 Å². The van der Waals surface area contributed by atoms with Crippen molar-refractivity contribution in [2.24, 2.45) is 0 Å². The van der Waals surface area contributed by atoms with Crippen molar-refractivity contribution in [2.45, 2.75) is 45.4 Å². The van der Waals surface area contributed by atoms with Gasteiger partial charge in [0.15, 0.2) is 0 Å². The molecule has 0 atom stereocenters. The Bertz CT molecular complexity index is 612. The number of hydrogen-bond donors (Lipinski definition) is 1. The van der Waals surface area contributed by atoms with E-state index in [1.54, 1.807) is 0 Å². The Morgan fingerprint density at radius 3 is 2.23 bits per heavy atom. The van der Waals surface area contributed by atoms with Crippen LogP contribution < -0.4 is 5.73 Å². The van der Waals surface area contributed by atoms with Gasteiger partial charge in [0.2, 0.25) is 0 Å². The Labute approximate surface area is 134 Å². The molecule has 0 fully saturated rings. The molecular weight excluding hydrogens is 266 g/mol. The number of anilines is 1. The number of hydrogen-bond acceptors (Lipinski definition) is 1. The van der Waals surface area contributed by atoms with Crippen molar-refractivity contribution in [1.82, 2.24) is 0 Å². The van der Waals surface area contributed by atoms with Gasteiger partial charge in [-0.2, -0.15) is 0 Å². The predicted octanol–water partition coefficient (Wildman–Crippen LogP) is 5.12. The molecule has 22 heavy (non-hydrogen) atoms. The maximum absolute atomic E-state index is 5.65. The van der Waals surface area contributed by atoms with Gasteiger partial charge in [-0.1, -0.05) is 54.5 Å². The molecule has 0 amide bonds. The Morgan fingerprint density at radius 2 is 1.50 bits per heavy atom. The third kappa shape index (κ3) is 6.06. The van der Waals surface area contributed by atoms with Gasteiger partial charge in [-0.15, -0.1) is 0 Å². The van der Waals surface area contributed by atoms with E-state index in [0.717, 1.165) is 17.7 Å². The van der Waals surface area contributed by atoms with E-state index >= 15 is 0 Å². The fraction of sp³-hybridized carbons (Fsp3) is 0.333. The number of nitrogens with two attached hydrogens (primary N) is 1. The second-order valence-corrected chi connectivity index (χ2v) is 5.82. The maximum Gasteiger partial charge on any atom is 0.0314 e. The molecule has 0 unspecified atom stereocenters. The van der Waals surface area contributed by atoms with Crippen LogP contribution in [0.15, 0.2) is 48.5 Å². The summed E-state index contributed by atoms with van der Waals surface area (Å²) in [6, 6.07) is 16.6. The highest BCUT2D eigenvalue weighted by Gasteiger charge is 1.94. The smallest absolute Gasteiger partial charge is 0.0314 e. The molecule has 0 aromatic heterocycles. The first kappa shape index (κ1) is 16.2. The lowest BCUT2D eigenvalue weighted by atomic mass is 10.0. The summed E-state index contributed by atoms with van der Waals surface area (Å²) in [6.07, 6.45) is 7.19. The third-order valence-corrected chi connectivity index (χ3v) is 3.78. The molecule has 1 nitrogen and oxygen atoms in total. The molecule has 2 aromatic carbocycles. The van der Waals surface area contributed by atoms with Crippen LogP contribution in [0.5, 0.6) is 0 Å². The molecule has 0 spiro atoms. The summed E-state index contributed by atoms with van der Waals surface area (Å²) in [7, 11) is 0. The predicted molar refractivity (Wildman–Crippen MR) is 95.7 cm³/mol. The minimum atomic E-state index is 0.791. The summed E-state index contributed by atoms with van der Waals surface area (Å²) in [5.74, 6) is 6.43. The molecule has 0 saturated heterocycles. The van der Waals surface area contributed by atoms with Crippen LogP contribution in [0.25, 0.3) is 0 Å². The first-order valence-electron chi connectivity index (χ1n) is 8.14. The number of unbranched alkanes of at least 4 members (excludes halogenated alkanes) is 4. The molecular formula is C21H25N. The molecule has 2 rings (SSSR count). The summed E-state index contributed by atoms with van der Waals surface area (Å²) in [5, 5.41) is 0. The molecule has 0 bridgehead atoms. The van der Waals surface area contributed by atoms with E-state index in [9.17, 15) is 0 Å². The maximum atomic E-state index is 5.65. The molecule has 2 N–H and O–H groups in total. The number of nitrogen functional groups attached to an aromatic ring is 1. The van der Waals surface area contributed by atoms with Crippen LogP contribution in [-0.2, 0) is 6.42 Å². The largest absolute Gasteiger partial charge is 0.399 e. The zero-order valence-corrected chi connectivity index (χ0v) is 13.4. The van der Waals surface area contributed by atoms with E-state index in [2.05, 4.69) is 43.0 Å². The summed E-state index contributed by atoms with van der Waals surface area (Å²) in [5.41, 5.74) is 10.3. The monoisotopic (exact) mass is 291 g/mol. The van der Waals surface area contributed by atoms with Crippen LogP contribution in [0.4, 0.5) is 5.69 Å². The van der Waals surface area contributed by atoms with Crippen LogP contribution in [0.3, 0.4) is 0 Å². The van der Waals surface area contributed by atoms with Crippen molar-refractivity contribution in [3.05, 3.63) is 65.2 Å². The van der Waals surface area contributed by atoms with Gasteiger partial charge in [-0.3, -0.25) is 0 Å². The van der Waals surface area contributed by atoms with Crippen molar-refractivity contribution in [2.75, 3.05) is 5.73 Å². The SMILES string of the molecule is Cc1ccc(CCCCCCC#Cc2ccc(N)cc2)cc1. The number of aryl methyl sites for hydroxylation is 2. The second-order valence-electron chi connectivity index (χ2n) is 5.82. The first-order chi connectivity index (χ1) is 10.7.